The van der Waals surface area contributed by atoms with Crippen molar-refractivity contribution in [3.8, 4) is 0 Å². The molecule has 0 spiro atoms. The molecule has 32 heavy (non-hydrogen) atoms. The van der Waals surface area contributed by atoms with Gasteiger partial charge in [-0.25, -0.2) is 0 Å². The van der Waals surface area contributed by atoms with Crippen LogP contribution >= 0.6 is 15.9 Å². The number of fused-ring (bicyclic) bond motifs is 2. The summed E-state index contributed by atoms with van der Waals surface area (Å²) in [5, 5.41) is 2.67. The zero-order valence-corrected chi connectivity index (χ0v) is 19.0. The Hall–Kier alpha value is -2.96. The predicted molar refractivity (Wildman–Crippen MR) is 128 cm³/mol. The summed E-state index contributed by atoms with van der Waals surface area (Å²) in [5.41, 5.74) is 1.20. The van der Waals surface area contributed by atoms with Crippen LogP contribution in [0, 0.1) is 0 Å². The summed E-state index contributed by atoms with van der Waals surface area (Å²) in [6.07, 6.45) is 1.88. The summed E-state index contributed by atoms with van der Waals surface area (Å²) < 4.78 is 12.5. The molecular formula is C26H22BrNO4. The second-order valence-electron chi connectivity index (χ2n) is 8.07. The van der Waals surface area contributed by atoms with Gasteiger partial charge in [0.15, 0.2) is 11.2 Å². The zero-order valence-electron chi connectivity index (χ0n) is 17.4. The van der Waals surface area contributed by atoms with Gasteiger partial charge in [0.05, 0.1) is 11.5 Å². The number of hydrogen-bond donors (Lipinski definition) is 0. The maximum atomic E-state index is 13.6. The lowest BCUT2D eigenvalue weighted by Gasteiger charge is -2.26. The molecule has 0 saturated carbocycles. The SMILES string of the molecule is O=C(c1cc(=O)c2ccc(Br)cc2o1)N(Cc1cccc2ccccc12)C[C@@H]1CCCO1. The number of carbonyl (C=O) groups is 1. The van der Waals surface area contributed by atoms with Gasteiger partial charge in [-0.15, -0.1) is 0 Å². The molecule has 5 rings (SSSR count). The molecule has 1 aliphatic heterocycles. The number of carbonyl (C=O) groups excluding carboxylic acids is 1. The van der Waals surface area contributed by atoms with E-state index in [0.29, 0.717) is 30.7 Å². The van der Waals surface area contributed by atoms with Crippen LogP contribution in [0.15, 0.2) is 80.4 Å². The molecule has 1 aromatic heterocycles. The molecule has 1 fully saturated rings. The van der Waals surface area contributed by atoms with Crippen molar-refractivity contribution in [3.63, 3.8) is 0 Å². The van der Waals surface area contributed by atoms with Crippen LogP contribution in [0.3, 0.4) is 0 Å². The highest BCUT2D eigenvalue weighted by Gasteiger charge is 2.26. The lowest BCUT2D eigenvalue weighted by molar-refractivity contribution is 0.0485. The van der Waals surface area contributed by atoms with E-state index in [2.05, 4.69) is 34.1 Å². The summed E-state index contributed by atoms with van der Waals surface area (Å²) in [6.45, 7) is 1.56. The topological polar surface area (TPSA) is 59.8 Å². The molecule has 1 aliphatic rings. The fraction of sp³-hybridized carbons (Fsp3) is 0.231. The first-order valence-corrected chi connectivity index (χ1v) is 11.5. The molecule has 4 aromatic rings. The maximum Gasteiger partial charge on any atom is 0.290 e. The highest BCUT2D eigenvalue weighted by atomic mass is 79.9. The van der Waals surface area contributed by atoms with E-state index >= 15 is 0 Å². The molecule has 0 N–H and O–H groups in total. The molecular weight excluding hydrogens is 470 g/mol. The Labute approximate surface area is 193 Å². The van der Waals surface area contributed by atoms with E-state index in [0.717, 1.165) is 33.7 Å². The Morgan fingerprint density at radius 3 is 2.72 bits per heavy atom. The third-order valence-electron chi connectivity index (χ3n) is 5.88. The van der Waals surface area contributed by atoms with E-state index in [4.69, 9.17) is 9.15 Å². The molecule has 3 aromatic carbocycles. The van der Waals surface area contributed by atoms with Crippen molar-refractivity contribution in [2.75, 3.05) is 13.2 Å². The van der Waals surface area contributed by atoms with Crippen LogP contribution in [0.25, 0.3) is 21.7 Å². The van der Waals surface area contributed by atoms with Crippen LogP contribution in [-0.4, -0.2) is 30.1 Å². The van der Waals surface area contributed by atoms with E-state index < -0.39 is 0 Å². The molecule has 6 heteroatoms. The average Bonchev–Trinajstić information content (AvgIpc) is 3.31. The molecule has 0 aliphatic carbocycles. The van der Waals surface area contributed by atoms with Gasteiger partial charge in [0, 0.05) is 30.2 Å². The standard InChI is InChI=1S/C26H22BrNO4/c27-19-10-11-22-23(29)14-25(32-24(22)13-19)26(30)28(16-20-8-4-12-31-20)15-18-7-3-6-17-5-1-2-9-21(17)18/h1-3,5-7,9-11,13-14,20H,4,8,12,15-16H2/t20-/m0/s1. The van der Waals surface area contributed by atoms with Gasteiger partial charge in [-0.2, -0.15) is 0 Å². The third-order valence-corrected chi connectivity index (χ3v) is 6.37. The normalized spacial score (nSPS) is 16.0. The molecule has 2 heterocycles. The lowest BCUT2D eigenvalue weighted by atomic mass is 10.0. The third kappa shape index (κ3) is 4.20. The second-order valence-corrected chi connectivity index (χ2v) is 8.99. The Bertz CT molecular complexity index is 1350. The van der Waals surface area contributed by atoms with Crippen molar-refractivity contribution in [2.24, 2.45) is 0 Å². The Morgan fingerprint density at radius 1 is 1.03 bits per heavy atom. The molecule has 1 atom stereocenters. The number of amides is 1. The fourth-order valence-corrected chi connectivity index (χ4v) is 4.62. The number of ether oxygens (including phenoxy) is 1. The molecule has 162 valence electrons. The average molecular weight is 492 g/mol. The number of hydrogen-bond acceptors (Lipinski definition) is 4. The number of rotatable bonds is 5. The Balaban J connectivity index is 1.53. The van der Waals surface area contributed by atoms with Gasteiger partial charge in [-0.05, 0) is 47.4 Å². The minimum Gasteiger partial charge on any atom is -0.451 e. The van der Waals surface area contributed by atoms with Crippen LogP contribution in [-0.2, 0) is 11.3 Å². The predicted octanol–water partition coefficient (Wildman–Crippen LogP) is 5.53. The van der Waals surface area contributed by atoms with E-state index in [1.165, 1.54) is 6.07 Å². The first-order chi connectivity index (χ1) is 15.6. The van der Waals surface area contributed by atoms with E-state index in [1.54, 1.807) is 23.1 Å². The Morgan fingerprint density at radius 2 is 1.88 bits per heavy atom. The van der Waals surface area contributed by atoms with Gasteiger partial charge >= 0.3 is 0 Å². The van der Waals surface area contributed by atoms with Crippen LogP contribution in [0.1, 0.15) is 29.0 Å². The molecule has 1 amide bonds. The van der Waals surface area contributed by atoms with Crippen molar-refractivity contribution in [1.29, 1.82) is 0 Å². The van der Waals surface area contributed by atoms with Gasteiger partial charge in [-0.3, -0.25) is 9.59 Å². The van der Waals surface area contributed by atoms with E-state index in [-0.39, 0.29) is 23.2 Å². The lowest BCUT2D eigenvalue weighted by Crippen LogP contribution is -2.37. The van der Waals surface area contributed by atoms with Crippen molar-refractivity contribution >= 4 is 43.6 Å². The van der Waals surface area contributed by atoms with Crippen LogP contribution in [0.4, 0.5) is 0 Å². The van der Waals surface area contributed by atoms with Crippen LogP contribution < -0.4 is 5.43 Å². The smallest absolute Gasteiger partial charge is 0.290 e. The van der Waals surface area contributed by atoms with Crippen molar-refractivity contribution in [3.05, 3.63) is 92.7 Å². The maximum absolute atomic E-state index is 13.6. The fourth-order valence-electron chi connectivity index (χ4n) is 4.28. The highest BCUT2D eigenvalue weighted by molar-refractivity contribution is 9.10. The van der Waals surface area contributed by atoms with Crippen LogP contribution in [0.5, 0.6) is 0 Å². The molecule has 5 nitrogen and oxygen atoms in total. The minimum atomic E-state index is -0.313. The zero-order chi connectivity index (χ0) is 22.1. The van der Waals surface area contributed by atoms with Gasteiger partial charge in [-0.1, -0.05) is 58.4 Å². The Kier molecular flexibility index (Phi) is 5.81. The molecule has 0 bridgehead atoms. The second kappa shape index (κ2) is 8.88. The monoisotopic (exact) mass is 491 g/mol. The molecule has 1 saturated heterocycles. The van der Waals surface area contributed by atoms with Gasteiger partial charge in [0.1, 0.15) is 5.58 Å². The van der Waals surface area contributed by atoms with Crippen molar-refractivity contribution < 1.29 is 13.9 Å². The first kappa shape index (κ1) is 20.9. The quantitative estimate of drug-likeness (QED) is 0.368. The number of halogens is 1. The largest absolute Gasteiger partial charge is 0.451 e. The summed E-state index contributed by atoms with van der Waals surface area (Å²) in [5.74, 6) is -0.272. The molecule has 0 unspecified atom stereocenters. The summed E-state index contributed by atoms with van der Waals surface area (Å²) in [6, 6.07) is 20.7. The summed E-state index contributed by atoms with van der Waals surface area (Å²) >= 11 is 3.40. The van der Waals surface area contributed by atoms with Gasteiger partial charge in [0.25, 0.3) is 5.91 Å². The van der Waals surface area contributed by atoms with E-state index in [1.807, 2.05) is 24.3 Å². The van der Waals surface area contributed by atoms with Crippen LogP contribution in [0.2, 0.25) is 0 Å². The van der Waals surface area contributed by atoms with Crippen molar-refractivity contribution in [2.45, 2.75) is 25.5 Å². The minimum absolute atomic E-state index is 0.0183. The van der Waals surface area contributed by atoms with E-state index in [9.17, 15) is 9.59 Å². The number of nitrogens with zero attached hydrogens (tertiary/aromatic N) is 1. The number of benzene rings is 3. The van der Waals surface area contributed by atoms with Gasteiger partial charge in [0.2, 0.25) is 0 Å². The summed E-state index contributed by atoms with van der Waals surface area (Å²) in [4.78, 5) is 28.0. The molecule has 0 radical (unpaired) electrons. The van der Waals surface area contributed by atoms with Crippen molar-refractivity contribution in [1.82, 2.24) is 4.90 Å². The summed E-state index contributed by atoms with van der Waals surface area (Å²) in [7, 11) is 0. The first-order valence-electron chi connectivity index (χ1n) is 10.7. The highest BCUT2D eigenvalue weighted by Crippen LogP contribution is 2.24. The van der Waals surface area contributed by atoms with Gasteiger partial charge < -0.3 is 14.1 Å².